The Bertz CT molecular complexity index is 967. The molecule has 296 valence electrons. The van der Waals surface area contributed by atoms with E-state index in [9.17, 15) is 33.9 Å². The standard InChI is InChI=1S/C35H63N3O13/c1-28(34(44)45)12-10-11-18-36-31(40)16-15-29(35(46)47)38-32(41)17-20-48-22-24-50-26-27-51-25-23-49-21-19-37-30(39)13-8-6-4-2-3-5-7-9-14-33(42)43/h28-29H,2-27H2,1H3,(H,36,40)(H,37,39)(H,38,41)(H,42,43)(H,44,45)(H,46,47)/t28-,29-/m0/s1. The number of carboxylic acids is 3. The fraction of sp³-hybridized carbons (Fsp3) is 0.829. The van der Waals surface area contributed by atoms with E-state index in [1.165, 1.54) is 0 Å². The average molecular weight is 734 g/mol. The van der Waals surface area contributed by atoms with Crippen molar-refractivity contribution in [1.29, 1.82) is 0 Å². The van der Waals surface area contributed by atoms with E-state index in [0.717, 1.165) is 51.4 Å². The molecule has 0 aromatic carbocycles. The zero-order valence-electron chi connectivity index (χ0n) is 30.5. The van der Waals surface area contributed by atoms with Gasteiger partial charge in [-0.25, -0.2) is 4.79 Å². The van der Waals surface area contributed by atoms with Gasteiger partial charge in [-0.05, 0) is 32.1 Å². The van der Waals surface area contributed by atoms with Crippen LogP contribution in [0.25, 0.3) is 0 Å². The first-order valence-electron chi connectivity index (χ1n) is 18.3. The van der Waals surface area contributed by atoms with Crippen LogP contribution in [0.1, 0.15) is 110 Å². The maximum atomic E-state index is 12.1. The van der Waals surface area contributed by atoms with Gasteiger partial charge in [0.1, 0.15) is 6.04 Å². The third kappa shape index (κ3) is 33.6. The summed E-state index contributed by atoms with van der Waals surface area (Å²) in [7, 11) is 0. The normalized spacial score (nSPS) is 12.2. The zero-order valence-corrected chi connectivity index (χ0v) is 30.5. The van der Waals surface area contributed by atoms with Crippen molar-refractivity contribution in [2.45, 2.75) is 116 Å². The van der Waals surface area contributed by atoms with Gasteiger partial charge < -0.3 is 50.2 Å². The van der Waals surface area contributed by atoms with E-state index in [1.807, 2.05) is 0 Å². The van der Waals surface area contributed by atoms with Crippen molar-refractivity contribution < 1.29 is 63.0 Å². The molecule has 0 aliphatic rings. The van der Waals surface area contributed by atoms with Crippen LogP contribution in [-0.4, -0.2) is 123 Å². The van der Waals surface area contributed by atoms with Crippen LogP contribution in [0.3, 0.4) is 0 Å². The van der Waals surface area contributed by atoms with Crippen molar-refractivity contribution in [2.24, 2.45) is 5.92 Å². The molecule has 0 bridgehead atoms. The molecule has 0 unspecified atom stereocenters. The molecule has 0 aromatic heterocycles. The first-order valence-corrected chi connectivity index (χ1v) is 18.3. The summed E-state index contributed by atoms with van der Waals surface area (Å²) >= 11 is 0. The second-order valence-corrected chi connectivity index (χ2v) is 12.4. The van der Waals surface area contributed by atoms with Gasteiger partial charge in [-0.15, -0.1) is 0 Å². The maximum absolute atomic E-state index is 12.1. The average Bonchev–Trinajstić information content (AvgIpc) is 3.08. The monoisotopic (exact) mass is 733 g/mol. The molecule has 16 heteroatoms. The van der Waals surface area contributed by atoms with Gasteiger partial charge in [0.2, 0.25) is 17.7 Å². The van der Waals surface area contributed by atoms with Crippen LogP contribution in [0.5, 0.6) is 0 Å². The molecule has 16 nitrogen and oxygen atoms in total. The van der Waals surface area contributed by atoms with Crippen molar-refractivity contribution in [3.63, 3.8) is 0 Å². The molecule has 0 fully saturated rings. The van der Waals surface area contributed by atoms with Crippen LogP contribution < -0.4 is 16.0 Å². The number of unbranched alkanes of at least 4 members (excludes halogenated alkanes) is 8. The lowest BCUT2D eigenvalue weighted by molar-refractivity contribution is -0.142. The Kier molecular flexibility index (Phi) is 31.6. The lowest BCUT2D eigenvalue weighted by atomic mass is 10.0. The number of carbonyl (C=O) groups excluding carboxylic acids is 3. The summed E-state index contributed by atoms with van der Waals surface area (Å²) in [5.41, 5.74) is 0. The third-order valence-electron chi connectivity index (χ3n) is 7.80. The van der Waals surface area contributed by atoms with Crippen LogP contribution in [0.2, 0.25) is 0 Å². The Morgan fingerprint density at radius 3 is 1.51 bits per heavy atom. The van der Waals surface area contributed by atoms with Crippen molar-refractivity contribution in [2.75, 3.05) is 65.9 Å². The maximum Gasteiger partial charge on any atom is 0.326 e. The van der Waals surface area contributed by atoms with Crippen LogP contribution >= 0.6 is 0 Å². The number of nitrogens with one attached hydrogen (secondary N) is 3. The number of hydrogen-bond donors (Lipinski definition) is 6. The molecule has 51 heavy (non-hydrogen) atoms. The predicted octanol–water partition coefficient (Wildman–Crippen LogP) is 2.90. The highest BCUT2D eigenvalue weighted by Crippen LogP contribution is 2.11. The Labute approximate surface area is 302 Å². The second-order valence-electron chi connectivity index (χ2n) is 12.4. The molecule has 0 saturated carbocycles. The minimum atomic E-state index is -1.24. The number of amides is 3. The molecule has 0 aromatic rings. The number of carboxylic acid groups (broad SMARTS) is 3. The molecule has 2 atom stereocenters. The first-order chi connectivity index (χ1) is 24.5. The minimum absolute atomic E-state index is 0.0180. The van der Waals surface area contributed by atoms with E-state index in [4.69, 9.17) is 29.2 Å². The number of carbonyl (C=O) groups is 6. The van der Waals surface area contributed by atoms with E-state index >= 15 is 0 Å². The molecule has 0 rings (SSSR count). The van der Waals surface area contributed by atoms with Gasteiger partial charge in [0.25, 0.3) is 0 Å². The summed E-state index contributed by atoms with van der Waals surface area (Å²) in [6, 6.07) is -1.20. The molecule has 0 spiro atoms. The number of rotatable bonds is 37. The fourth-order valence-electron chi connectivity index (χ4n) is 4.71. The van der Waals surface area contributed by atoms with E-state index in [1.54, 1.807) is 6.92 Å². The summed E-state index contributed by atoms with van der Waals surface area (Å²) in [4.78, 5) is 68.8. The first kappa shape index (κ1) is 47.7. The van der Waals surface area contributed by atoms with Crippen molar-refractivity contribution >= 4 is 35.6 Å². The van der Waals surface area contributed by atoms with Gasteiger partial charge in [0.05, 0.1) is 58.8 Å². The fourth-order valence-corrected chi connectivity index (χ4v) is 4.71. The highest BCUT2D eigenvalue weighted by Gasteiger charge is 2.21. The Morgan fingerprint density at radius 1 is 0.471 bits per heavy atom. The van der Waals surface area contributed by atoms with Gasteiger partial charge in [0.15, 0.2) is 0 Å². The SMILES string of the molecule is C[C@@H](CCCCNC(=O)CC[C@H](NC(=O)CCOCCOCCOCCOCCNC(=O)CCCCCCCCCCC(=O)O)C(=O)O)C(=O)O. The number of ether oxygens (including phenoxy) is 4. The highest BCUT2D eigenvalue weighted by molar-refractivity contribution is 5.84. The van der Waals surface area contributed by atoms with Crippen LogP contribution in [0.4, 0.5) is 0 Å². The highest BCUT2D eigenvalue weighted by atomic mass is 16.6. The van der Waals surface area contributed by atoms with Crippen molar-refractivity contribution in [3.05, 3.63) is 0 Å². The molecule has 0 radical (unpaired) electrons. The predicted molar refractivity (Wildman–Crippen MR) is 187 cm³/mol. The minimum Gasteiger partial charge on any atom is -0.481 e. The summed E-state index contributed by atoms with van der Waals surface area (Å²) in [6.45, 7) is 4.96. The molecule has 0 heterocycles. The molecule has 0 aliphatic carbocycles. The van der Waals surface area contributed by atoms with Crippen LogP contribution in [0, 0.1) is 5.92 Å². The van der Waals surface area contributed by atoms with E-state index in [0.29, 0.717) is 78.4 Å². The molecule has 6 N–H and O–H groups in total. The molecular weight excluding hydrogens is 670 g/mol. The van der Waals surface area contributed by atoms with Gasteiger partial charge in [0, 0.05) is 38.8 Å². The Balaban J connectivity index is 3.57. The van der Waals surface area contributed by atoms with Crippen molar-refractivity contribution in [3.8, 4) is 0 Å². The van der Waals surface area contributed by atoms with Crippen LogP contribution in [-0.2, 0) is 47.7 Å². The smallest absolute Gasteiger partial charge is 0.326 e. The zero-order chi connectivity index (χ0) is 38.0. The molecule has 3 amide bonds. The molecule has 0 aliphatic heterocycles. The summed E-state index contributed by atoms with van der Waals surface area (Å²) in [5.74, 6) is -4.09. The van der Waals surface area contributed by atoms with Gasteiger partial charge in [-0.1, -0.05) is 51.9 Å². The van der Waals surface area contributed by atoms with Crippen molar-refractivity contribution in [1.82, 2.24) is 16.0 Å². The Hall–Kier alpha value is -3.34. The number of aliphatic carboxylic acids is 3. The summed E-state index contributed by atoms with van der Waals surface area (Å²) in [5, 5.41) is 34.8. The molecule has 0 saturated heterocycles. The van der Waals surface area contributed by atoms with Gasteiger partial charge in [-0.2, -0.15) is 0 Å². The van der Waals surface area contributed by atoms with Gasteiger partial charge in [-0.3, -0.25) is 24.0 Å². The number of hydrogen-bond acceptors (Lipinski definition) is 10. The topological polar surface area (TPSA) is 236 Å². The van der Waals surface area contributed by atoms with E-state index in [-0.39, 0.29) is 50.7 Å². The second kappa shape index (κ2) is 33.8. The largest absolute Gasteiger partial charge is 0.481 e. The Morgan fingerprint density at radius 2 is 0.961 bits per heavy atom. The lowest BCUT2D eigenvalue weighted by Gasteiger charge is -2.14. The summed E-state index contributed by atoms with van der Waals surface area (Å²) in [6.07, 6.45) is 10.3. The van der Waals surface area contributed by atoms with Crippen LogP contribution in [0.15, 0.2) is 0 Å². The molecular formula is C35H63N3O13. The van der Waals surface area contributed by atoms with E-state index < -0.39 is 35.8 Å². The lowest BCUT2D eigenvalue weighted by Crippen LogP contribution is -2.42. The third-order valence-corrected chi connectivity index (χ3v) is 7.80. The quantitative estimate of drug-likeness (QED) is 0.0505. The summed E-state index contributed by atoms with van der Waals surface area (Å²) < 4.78 is 21.6. The van der Waals surface area contributed by atoms with Gasteiger partial charge >= 0.3 is 17.9 Å². The van der Waals surface area contributed by atoms with E-state index in [2.05, 4.69) is 16.0 Å².